The fraction of sp³-hybridized carbons (Fsp3) is 1.00. The number of likely N-dealkylation sites (tertiary alicyclic amines) is 1. The lowest BCUT2D eigenvalue weighted by Gasteiger charge is -2.30. The maximum Gasteiger partial charge on any atom is 0.0589 e. The molecule has 0 saturated carbocycles. The van der Waals surface area contributed by atoms with E-state index in [0.29, 0.717) is 24.6 Å². The standard InChI is InChI=1S/C11H23NO/c1-4-5-10(3)12-7-6-9(2)11(12)8-13/h9-11,13H,4-8H2,1-3H3. The van der Waals surface area contributed by atoms with Crippen molar-refractivity contribution in [3.63, 3.8) is 0 Å². The summed E-state index contributed by atoms with van der Waals surface area (Å²) in [5, 5.41) is 9.28. The fourth-order valence-corrected chi connectivity index (χ4v) is 2.45. The van der Waals surface area contributed by atoms with Crippen molar-refractivity contribution in [2.24, 2.45) is 5.92 Å². The highest BCUT2D eigenvalue weighted by Gasteiger charge is 2.32. The van der Waals surface area contributed by atoms with E-state index in [0.717, 1.165) is 0 Å². The number of hydrogen-bond acceptors (Lipinski definition) is 2. The Morgan fingerprint density at radius 3 is 2.77 bits per heavy atom. The second kappa shape index (κ2) is 4.97. The molecule has 1 heterocycles. The third-order valence-corrected chi connectivity index (χ3v) is 3.39. The third-order valence-electron chi connectivity index (χ3n) is 3.39. The monoisotopic (exact) mass is 185 g/mol. The van der Waals surface area contributed by atoms with Gasteiger partial charge in [0, 0.05) is 12.1 Å². The molecule has 3 atom stereocenters. The summed E-state index contributed by atoms with van der Waals surface area (Å²) in [6.45, 7) is 8.26. The van der Waals surface area contributed by atoms with Gasteiger partial charge in [-0.1, -0.05) is 20.3 Å². The first-order chi connectivity index (χ1) is 6.20. The Balaban J connectivity index is 2.48. The maximum atomic E-state index is 9.28. The minimum atomic E-state index is 0.329. The molecule has 0 bridgehead atoms. The third kappa shape index (κ3) is 2.44. The van der Waals surface area contributed by atoms with Crippen LogP contribution >= 0.6 is 0 Å². The van der Waals surface area contributed by atoms with E-state index in [-0.39, 0.29) is 0 Å². The van der Waals surface area contributed by atoms with Crippen LogP contribution in [0.15, 0.2) is 0 Å². The topological polar surface area (TPSA) is 23.5 Å². The molecule has 1 fully saturated rings. The Kier molecular flexibility index (Phi) is 4.20. The molecular formula is C11H23NO. The molecule has 2 nitrogen and oxygen atoms in total. The number of nitrogens with zero attached hydrogens (tertiary/aromatic N) is 1. The molecule has 0 aromatic carbocycles. The van der Waals surface area contributed by atoms with Crippen LogP contribution in [0.1, 0.15) is 40.0 Å². The zero-order chi connectivity index (χ0) is 9.84. The van der Waals surface area contributed by atoms with E-state index in [1.807, 2.05) is 0 Å². The SMILES string of the molecule is CCCC(C)N1CCC(C)C1CO. The number of aliphatic hydroxyl groups is 1. The van der Waals surface area contributed by atoms with Crippen molar-refractivity contribution >= 4 is 0 Å². The molecular weight excluding hydrogens is 162 g/mol. The van der Waals surface area contributed by atoms with Crippen LogP contribution in [0, 0.1) is 5.92 Å². The van der Waals surface area contributed by atoms with Gasteiger partial charge in [-0.15, -0.1) is 0 Å². The number of rotatable bonds is 4. The Bertz CT molecular complexity index is 149. The van der Waals surface area contributed by atoms with E-state index < -0.39 is 0 Å². The van der Waals surface area contributed by atoms with Crippen LogP contribution < -0.4 is 0 Å². The molecule has 1 aliphatic heterocycles. The zero-order valence-electron chi connectivity index (χ0n) is 9.16. The van der Waals surface area contributed by atoms with Gasteiger partial charge in [-0.3, -0.25) is 4.90 Å². The molecule has 0 aromatic rings. The summed E-state index contributed by atoms with van der Waals surface area (Å²) in [6, 6.07) is 1.06. The average molecular weight is 185 g/mol. The largest absolute Gasteiger partial charge is 0.395 e. The minimum Gasteiger partial charge on any atom is -0.395 e. The van der Waals surface area contributed by atoms with E-state index in [4.69, 9.17) is 0 Å². The van der Waals surface area contributed by atoms with Crippen LogP contribution in [0.2, 0.25) is 0 Å². The molecule has 1 saturated heterocycles. The normalized spacial score (nSPS) is 32.3. The van der Waals surface area contributed by atoms with Gasteiger partial charge in [-0.25, -0.2) is 0 Å². The van der Waals surface area contributed by atoms with Crippen molar-refractivity contribution in [2.75, 3.05) is 13.2 Å². The van der Waals surface area contributed by atoms with Crippen LogP contribution in [0.5, 0.6) is 0 Å². The van der Waals surface area contributed by atoms with Crippen molar-refractivity contribution in [3.8, 4) is 0 Å². The highest BCUT2D eigenvalue weighted by Crippen LogP contribution is 2.26. The van der Waals surface area contributed by atoms with Crippen LogP contribution in [-0.4, -0.2) is 35.2 Å². The molecule has 0 aliphatic carbocycles. The second-order valence-corrected chi connectivity index (χ2v) is 4.39. The van der Waals surface area contributed by atoms with Crippen LogP contribution in [0.25, 0.3) is 0 Å². The first-order valence-electron chi connectivity index (χ1n) is 5.57. The molecule has 13 heavy (non-hydrogen) atoms. The second-order valence-electron chi connectivity index (χ2n) is 4.39. The van der Waals surface area contributed by atoms with Crippen molar-refractivity contribution in [1.82, 2.24) is 4.90 Å². The first kappa shape index (κ1) is 11.0. The molecule has 1 N–H and O–H groups in total. The lowest BCUT2D eigenvalue weighted by molar-refractivity contribution is 0.105. The molecule has 1 rings (SSSR count). The molecule has 1 aliphatic rings. The summed E-state index contributed by atoms with van der Waals surface area (Å²) in [6.07, 6.45) is 3.74. The molecule has 0 radical (unpaired) electrons. The lowest BCUT2D eigenvalue weighted by atomic mass is 10.0. The zero-order valence-corrected chi connectivity index (χ0v) is 9.16. The predicted octanol–water partition coefficient (Wildman–Crippen LogP) is 1.88. The van der Waals surface area contributed by atoms with E-state index >= 15 is 0 Å². The van der Waals surface area contributed by atoms with Gasteiger partial charge >= 0.3 is 0 Å². The summed E-state index contributed by atoms with van der Waals surface area (Å²) in [5.74, 6) is 0.671. The maximum absolute atomic E-state index is 9.28. The summed E-state index contributed by atoms with van der Waals surface area (Å²) in [4.78, 5) is 2.48. The summed E-state index contributed by atoms with van der Waals surface area (Å²) >= 11 is 0. The van der Waals surface area contributed by atoms with Crippen LogP contribution in [-0.2, 0) is 0 Å². The van der Waals surface area contributed by atoms with Gasteiger partial charge in [0.05, 0.1) is 6.61 Å². The predicted molar refractivity (Wildman–Crippen MR) is 55.7 cm³/mol. The van der Waals surface area contributed by atoms with Gasteiger partial charge in [-0.2, -0.15) is 0 Å². The van der Waals surface area contributed by atoms with Crippen molar-refractivity contribution < 1.29 is 5.11 Å². The van der Waals surface area contributed by atoms with Crippen LogP contribution in [0.4, 0.5) is 0 Å². The minimum absolute atomic E-state index is 0.329. The van der Waals surface area contributed by atoms with Gasteiger partial charge in [-0.05, 0) is 32.2 Å². The van der Waals surface area contributed by atoms with E-state index in [1.54, 1.807) is 0 Å². The summed E-state index contributed by atoms with van der Waals surface area (Å²) in [5.41, 5.74) is 0. The van der Waals surface area contributed by atoms with Gasteiger partial charge in [0.2, 0.25) is 0 Å². The summed E-state index contributed by atoms with van der Waals surface area (Å²) < 4.78 is 0. The number of hydrogen-bond donors (Lipinski definition) is 1. The van der Waals surface area contributed by atoms with Gasteiger partial charge in [0.15, 0.2) is 0 Å². The van der Waals surface area contributed by atoms with Crippen molar-refractivity contribution in [2.45, 2.75) is 52.1 Å². The highest BCUT2D eigenvalue weighted by molar-refractivity contribution is 4.86. The molecule has 3 unspecified atom stereocenters. The molecule has 2 heteroatoms. The fourth-order valence-electron chi connectivity index (χ4n) is 2.45. The highest BCUT2D eigenvalue weighted by atomic mass is 16.3. The molecule has 0 spiro atoms. The Labute approximate surface area is 81.9 Å². The van der Waals surface area contributed by atoms with Crippen molar-refractivity contribution in [3.05, 3.63) is 0 Å². The average Bonchev–Trinajstić information content (AvgIpc) is 2.47. The smallest absolute Gasteiger partial charge is 0.0589 e. The Hall–Kier alpha value is -0.0800. The first-order valence-corrected chi connectivity index (χ1v) is 5.57. The number of aliphatic hydroxyl groups excluding tert-OH is 1. The Morgan fingerprint density at radius 2 is 2.23 bits per heavy atom. The van der Waals surface area contributed by atoms with Gasteiger partial charge in [0.25, 0.3) is 0 Å². The summed E-state index contributed by atoms with van der Waals surface area (Å²) in [7, 11) is 0. The molecule has 78 valence electrons. The Morgan fingerprint density at radius 1 is 1.54 bits per heavy atom. The van der Waals surface area contributed by atoms with E-state index in [1.165, 1.54) is 25.8 Å². The van der Waals surface area contributed by atoms with Gasteiger partial charge < -0.3 is 5.11 Å². The van der Waals surface area contributed by atoms with E-state index in [9.17, 15) is 5.11 Å². The quantitative estimate of drug-likeness (QED) is 0.723. The van der Waals surface area contributed by atoms with Crippen molar-refractivity contribution in [1.29, 1.82) is 0 Å². The molecule has 0 aromatic heterocycles. The van der Waals surface area contributed by atoms with E-state index in [2.05, 4.69) is 25.7 Å². The van der Waals surface area contributed by atoms with Gasteiger partial charge in [0.1, 0.15) is 0 Å². The molecule has 0 amide bonds. The van der Waals surface area contributed by atoms with Crippen LogP contribution in [0.3, 0.4) is 0 Å². The lowest BCUT2D eigenvalue weighted by Crippen LogP contribution is -2.41.